The Morgan fingerprint density at radius 2 is 1.67 bits per heavy atom. The zero-order valence-electron chi connectivity index (χ0n) is 8.30. The van der Waals surface area contributed by atoms with Crippen LogP contribution in [0.15, 0.2) is 46.9 Å². The van der Waals surface area contributed by atoms with E-state index >= 15 is 0 Å². The van der Waals surface area contributed by atoms with Crippen molar-refractivity contribution in [1.29, 1.82) is 0 Å². The average molecular weight is 265 g/mol. The maximum absolute atomic E-state index is 12.9. The Bertz CT molecular complexity index is 474. The van der Waals surface area contributed by atoms with Crippen LogP contribution in [0, 0.1) is 12.7 Å². The highest BCUT2D eigenvalue weighted by Crippen LogP contribution is 2.25. The van der Waals surface area contributed by atoms with Crippen LogP contribution < -0.4 is 0 Å². The monoisotopic (exact) mass is 264 g/mol. The summed E-state index contributed by atoms with van der Waals surface area (Å²) >= 11 is 3.39. The van der Waals surface area contributed by atoms with Crippen molar-refractivity contribution < 1.29 is 4.39 Å². The highest BCUT2D eigenvalue weighted by molar-refractivity contribution is 9.10. The molecule has 15 heavy (non-hydrogen) atoms. The van der Waals surface area contributed by atoms with E-state index in [0.29, 0.717) is 0 Å². The summed E-state index contributed by atoms with van der Waals surface area (Å²) in [6, 6.07) is 12.9. The van der Waals surface area contributed by atoms with E-state index in [1.807, 2.05) is 37.3 Å². The molecular weight excluding hydrogens is 255 g/mol. The molecular formula is C13H10BrF. The van der Waals surface area contributed by atoms with Crippen LogP contribution in [0.1, 0.15) is 5.56 Å². The molecule has 0 amide bonds. The summed E-state index contributed by atoms with van der Waals surface area (Å²) in [4.78, 5) is 0. The van der Waals surface area contributed by atoms with E-state index in [2.05, 4.69) is 15.9 Å². The molecule has 0 heterocycles. The minimum Gasteiger partial charge on any atom is -0.207 e. The lowest BCUT2D eigenvalue weighted by Gasteiger charge is -2.05. The first-order chi connectivity index (χ1) is 7.16. The fourth-order valence-electron chi connectivity index (χ4n) is 1.58. The Morgan fingerprint density at radius 1 is 1.00 bits per heavy atom. The summed E-state index contributed by atoms with van der Waals surface area (Å²) in [6.07, 6.45) is 0. The maximum Gasteiger partial charge on any atom is 0.123 e. The number of halogens is 2. The van der Waals surface area contributed by atoms with Crippen LogP contribution in [-0.2, 0) is 0 Å². The van der Waals surface area contributed by atoms with Crippen LogP contribution in [-0.4, -0.2) is 0 Å². The largest absolute Gasteiger partial charge is 0.207 e. The summed E-state index contributed by atoms with van der Waals surface area (Å²) in [7, 11) is 0. The standard InChI is InChI=1S/C13H10BrF/c1-9-8-12(15)6-7-13(9)10-2-4-11(14)5-3-10/h2-8H,1H3. The van der Waals surface area contributed by atoms with Gasteiger partial charge in [0.15, 0.2) is 0 Å². The number of hydrogen-bond acceptors (Lipinski definition) is 0. The molecule has 0 unspecified atom stereocenters. The fraction of sp³-hybridized carbons (Fsp3) is 0.0769. The Balaban J connectivity index is 2.49. The summed E-state index contributed by atoms with van der Waals surface area (Å²) in [5.41, 5.74) is 3.14. The van der Waals surface area contributed by atoms with Gasteiger partial charge in [-0.15, -0.1) is 0 Å². The lowest BCUT2D eigenvalue weighted by atomic mass is 10.0. The lowest BCUT2D eigenvalue weighted by molar-refractivity contribution is 0.627. The van der Waals surface area contributed by atoms with Crippen molar-refractivity contribution in [3.63, 3.8) is 0 Å². The van der Waals surface area contributed by atoms with Gasteiger partial charge in [-0.05, 0) is 47.9 Å². The predicted octanol–water partition coefficient (Wildman–Crippen LogP) is 4.56. The Morgan fingerprint density at radius 3 is 2.27 bits per heavy atom. The maximum atomic E-state index is 12.9. The van der Waals surface area contributed by atoms with E-state index in [-0.39, 0.29) is 5.82 Å². The fourth-order valence-corrected chi connectivity index (χ4v) is 1.84. The summed E-state index contributed by atoms with van der Waals surface area (Å²) < 4.78 is 14.0. The molecule has 0 N–H and O–H groups in total. The second kappa shape index (κ2) is 4.15. The Hall–Kier alpha value is -1.15. The molecule has 0 aliphatic carbocycles. The van der Waals surface area contributed by atoms with Gasteiger partial charge in [-0.1, -0.05) is 34.1 Å². The molecule has 0 saturated heterocycles. The zero-order chi connectivity index (χ0) is 10.8. The van der Waals surface area contributed by atoms with Gasteiger partial charge in [0, 0.05) is 4.47 Å². The molecule has 0 aliphatic heterocycles. The van der Waals surface area contributed by atoms with Gasteiger partial charge in [0.2, 0.25) is 0 Å². The van der Waals surface area contributed by atoms with Crippen LogP contribution in [0.5, 0.6) is 0 Å². The minimum absolute atomic E-state index is 0.187. The second-order valence-corrected chi connectivity index (χ2v) is 4.38. The number of rotatable bonds is 1. The molecule has 0 aromatic heterocycles. The van der Waals surface area contributed by atoms with Crippen LogP contribution in [0.25, 0.3) is 11.1 Å². The van der Waals surface area contributed by atoms with Crippen molar-refractivity contribution in [2.24, 2.45) is 0 Å². The predicted molar refractivity (Wildman–Crippen MR) is 64.3 cm³/mol. The number of benzene rings is 2. The molecule has 76 valence electrons. The molecule has 2 aromatic carbocycles. The molecule has 0 nitrogen and oxygen atoms in total. The van der Waals surface area contributed by atoms with Gasteiger partial charge in [0.25, 0.3) is 0 Å². The molecule has 0 radical (unpaired) electrons. The van der Waals surface area contributed by atoms with Gasteiger partial charge in [-0.25, -0.2) is 4.39 Å². The van der Waals surface area contributed by atoms with Gasteiger partial charge in [0.1, 0.15) is 5.82 Å². The van der Waals surface area contributed by atoms with Gasteiger partial charge < -0.3 is 0 Å². The van der Waals surface area contributed by atoms with E-state index < -0.39 is 0 Å². The highest BCUT2D eigenvalue weighted by Gasteiger charge is 2.02. The molecule has 2 aromatic rings. The Labute approximate surface area is 96.9 Å². The van der Waals surface area contributed by atoms with Crippen molar-refractivity contribution in [2.75, 3.05) is 0 Å². The van der Waals surface area contributed by atoms with Gasteiger partial charge in [-0.3, -0.25) is 0 Å². The normalized spacial score (nSPS) is 10.3. The Kier molecular flexibility index (Phi) is 2.87. The highest BCUT2D eigenvalue weighted by atomic mass is 79.9. The minimum atomic E-state index is -0.187. The molecule has 0 bridgehead atoms. The van der Waals surface area contributed by atoms with Crippen molar-refractivity contribution in [1.82, 2.24) is 0 Å². The first-order valence-electron chi connectivity index (χ1n) is 4.69. The molecule has 2 heteroatoms. The molecule has 0 spiro atoms. The molecule has 0 aliphatic rings. The van der Waals surface area contributed by atoms with E-state index in [0.717, 1.165) is 21.2 Å². The van der Waals surface area contributed by atoms with Crippen molar-refractivity contribution in [3.8, 4) is 11.1 Å². The third-order valence-electron chi connectivity index (χ3n) is 2.34. The van der Waals surface area contributed by atoms with Crippen LogP contribution >= 0.6 is 15.9 Å². The van der Waals surface area contributed by atoms with Crippen molar-refractivity contribution in [3.05, 3.63) is 58.3 Å². The average Bonchev–Trinajstić information content (AvgIpc) is 2.20. The van der Waals surface area contributed by atoms with Crippen LogP contribution in [0.4, 0.5) is 4.39 Å². The summed E-state index contributed by atoms with van der Waals surface area (Å²) in [6.45, 7) is 1.92. The lowest BCUT2D eigenvalue weighted by Crippen LogP contribution is -1.84. The SMILES string of the molecule is Cc1cc(F)ccc1-c1ccc(Br)cc1. The zero-order valence-corrected chi connectivity index (χ0v) is 9.88. The van der Waals surface area contributed by atoms with Crippen LogP contribution in [0.2, 0.25) is 0 Å². The van der Waals surface area contributed by atoms with E-state index in [4.69, 9.17) is 0 Å². The third-order valence-corrected chi connectivity index (χ3v) is 2.87. The second-order valence-electron chi connectivity index (χ2n) is 3.47. The molecule has 0 fully saturated rings. The number of hydrogen-bond donors (Lipinski definition) is 0. The van der Waals surface area contributed by atoms with E-state index in [1.165, 1.54) is 6.07 Å². The van der Waals surface area contributed by atoms with E-state index in [9.17, 15) is 4.39 Å². The smallest absolute Gasteiger partial charge is 0.123 e. The quantitative estimate of drug-likeness (QED) is 0.708. The summed E-state index contributed by atoms with van der Waals surface area (Å²) in [5, 5.41) is 0. The molecule has 0 atom stereocenters. The topological polar surface area (TPSA) is 0 Å². The molecule has 2 rings (SSSR count). The number of aryl methyl sites for hydroxylation is 1. The van der Waals surface area contributed by atoms with E-state index in [1.54, 1.807) is 6.07 Å². The van der Waals surface area contributed by atoms with Crippen LogP contribution in [0.3, 0.4) is 0 Å². The van der Waals surface area contributed by atoms with Gasteiger partial charge in [-0.2, -0.15) is 0 Å². The van der Waals surface area contributed by atoms with Crippen molar-refractivity contribution >= 4 is 15.9 Å². The van der Waals surface area contributed by atoms with Gasteiger partial charge in [0.05, 0.1) is 0 Å². The first-order valence-corrected chi connectivity index (χ1v) is 5.48. The molecule has 0 saturated carbocycles. The van der Waals surface area contributed by atoms with Crippen molar-refractivity contribution in [2.45, 2.75) is 6.92 Å². The first kappa shape index (κ1) is 10.4. The summed E-state index contributed by atoms with van der Waals surface area (Å²) in [5.74, 6) is -0.187. The third kappa shape index (κ3) is 2.26. The van der Waals surface area contributed by atoms with Gasteiger partial charge >= 0.3 is 0 Å².